The van der Waals surface area contributed by atoms with Gasteiger partial charge < -0.3 is 4.90 Å². The molecule has 116 valence electrons. The van der Waals surface area contributed by atoms with Crippen LogP contribution < -0.4 is 0 Å². The molecule has 1 atom stereocenters. The van der Waals surface area contributed by atoms with Crippen LogP contribution in [0.1, 0.15) is 38.8 Å². The van der Waals surface area contributed by atoms with Crippen LogP contribution in [-0.2, 0) is 12.8 Å². The lowest BCUT2D eigenvalue weighted by Gasteiger charge is -2.40. The fraction of sp³-hybridized carbons (Fsp3) is 0.222. The first kappa shape index (κ1) is 13.3. The SMILES string of the molecule is N#Cc1cnn2c3c(cnc12)C(=O)N1CCc2ccccc2[C@@H]1C3. The zero-order valence-corrected chi connectivity index (χ0v) is 12.8. The molecule has 6 nitrogen and oxygen atoms in total. The van der Waals surface area contributed by atoms with E-state index in [4.69, 9.17) is 0 Å². The molecule has 1 amide bonds. The van der Waals surface area contributed by atoms with E-state index in [1.807, 2.05) is 17.0 Å². The van der Waals surface area contributed by atoms with Crippen molar-refractivity contribution >= 4 is 11.6 Å². The monoisotopic (exact) mass is 315 g/mol. The molecule has 2 aromatic heterocycles. The molecule has 0 N–H and O–H groups in total. The van der Waals surface area contributed by atoms with E-state index in [1.165, 1.54) is 17.3 Å². The van der Waals surface area contributed by atoms with Crippen LogP contribution in [0, 0.1) is 11.3 Å². The molecule has 0 spiro atoms. The molecule has 0 saturated carbocycles. The number of rotatable bonds is 0. The second-order valence-corrected chi connectivity index (χ2v) is 6.19. The maximum Gasteiger partial charge on any atom is 0.257 e. The van der Waals surface area contributed by atoms with Gasteiger partial charge in [0.1, 0.15) is 11.6 Å². The van der Waals surface area contributed by atoms with Gasteiger partial charge in [-0.3, -0.25) is 4.79 Å². The minimum absolute atomic E-state index is 0.000777. The van der Waals surface area contributed by atoms with Gasteiger partial charge in [0.15, 0.2) is 5.65 Å². The highest BCUT2D eigenvalue weighted by molar-refractivity contribution is 5.97. The number of amides is 1. The van der Waals surface area contributed by atoms with E-state index < -0.39 is 0 Å². The van der Waals surface area contributed by atoms with Crippen molar-refractivity contribution in [2.24, 2.45) is 0 Å². The van der Waals surface area contributed by atoms with E-state index >= 15 is 0 Å². The van der Waals surface area contributed by atoms with Crippen LogP contribution >= 0.6 is 0 Å². The highest BCUT2D eigenvalue weighted by atomic mass is 16.2. The van der Waals surface area contributed by atoms with E-state index in [9.17, 15) is 10.1 Å². The average Bonchev–Trinajstić information content (AvgIpc) is 3.05. The van der Waals surface area contributed by atoms with Gasteiger partial charge in [0, 0.05) is 19.2 Å². The summed E-state index contributed by atoms with van der Waals surface area (Å²) in [5.41, 5.74) is 4.88. The van der Waals surface area contributed by atoms with Gasteiger partial charge in [-0.1, -0.05) is 24.3 Å². The third-order valence-electron chi connectivity index (χ3n) is 5.04. The van der Waals surface area contributed by atoms with Crippen LogP contribution in [0.4, 0.5) is 0 Å². The summed E-state index contributed by atoms with van der Waals surface area (Å²) in [4.78, 5) is 19.2. The number of carbonyl (C=O) groups excluding carboxylic acids is 1. The Kier molecular flexibility index (Phi) is 2.57. The summed E-state index contributed by atoms with van der Waals surface area (Å²) in [5.74, 6) is -0.000777. The molecule has 0 aliphatic carbocycles. The predicted molar refractivity (Wildman–Crippen MR) is 85.3 cm³/mol. The Bertz CT molecular complexity index is 1050. The number of hydrogen-bond acceptors (Lipinski definition) is 4. The Balaban J connectivity index is 1.73. The number of aromatic nitrogens is 3. The first-order valence-electron chi connectivity index (χ1n) is 7.92. The van der Waals surface area contributed by atoms with E-state index in [0.29, 0.717) is 23.2 Å². The van der Waals surface area contributed by atoms with E-state index in [1.54, 1.807) is 10.7 Å². The van der Waals surface area contributed by atoms with Gasteiger partial charge >= 0.3 is 0 Å². The molecule has 0 unspecified atom stereocenters. The number of benzene rings is 1. The van der Waals surface area contributed by atoms with Gasteiger partial charge in [-0.25, -0.2) is 9.50 Å². The lowest BCUT2D eigenvalue weighted by Crippen LogP contribution is -2.45. The highest BCUT2D eigenvalue weighted by Gasteiger charge is 2.38. The molecule has 1 aromatic carbocycles. The van der Waals surface area contributed by atoms with Crippen molar-refractivity contribution in [3.05, 3.63) is 64.6 Å². The molecule has 6 heteroatoms. The van der Waals surface area contributed by atoms with Crippen molar-refractivity contribution in [2.45, 2.75) is 18.9 Å². The maximum atomic E-state index is 13.0. The maximum absolute atomic E-state index is 13.0. The molecular formula is C18H13N5O. The second-order valence-electron chi connectivity index (χ2n) is 6.19. The molecule has 24 heavy (non-hydrogen) atoms. The zero-order chi connectivity index (χ0) is 16.3. The number of fused-ring (bicyclic) bond motifs is 6. The Hall–Kier alpha value is -3.20. The van der Waals surface area contributed by atoms with Crippen molar-refractivity contribution in [1.82, 2.24) is 19.5 Å². The van der Waals surface area contributed by atoms with Gasteiger partial charge in [-0.2, -0.15) is 10.4 Å². The van der Waals surface area contributed by atoms with Gasteiger partial charge in [0.05, 0.1) is 23.5 Å². The lowest BCUT2D eigenvalue weighted by atomic mass is 9.86. The molecule has 2 aliphatic rings. The van der Waals surface area contributed by atoms with Crippen LogP contribution in [0.5, 0.6) is 0 Å². The Labute approximate surface area is 138 Å². The fourth-order valence-corrected chi connectivity index (χ4v) is 3.88. The predicted octanol–water partition coefficient (Wildman–Crippen LogP) is 1.90. The van der Waals surface area contributed by atoms with Crippen molar-refractivity contribution in [3.63, 3.8) is 0 Å². The highest BCUT2D eigenvalue weighted by Crippen LogP contribution is 2.37. The van der Waals surface area contributed by atoms with Crippen LogP contribution in [-0.4, -0.2) is 31.9 Å². The summed E-state index contributed by atoms with van der Waals surface area (Å²) in [6.07, 6.45) is 4.66. The van der Waals surface area contributed by atoms with Crippen molar-refractivity contribution in [1.29, 1.82) is 5.26 Å². The Morgan fingerprint density at radius 1 is 1.25 bits per heavy atom. The van der Waals surface area contributed by atoms with Crippen LogP contribution in [0.15, 0.2) is 36.7 Å². The molecule has 0 saturated heterocycles. The lowest BCUT2D eigenvalue weighted by molar-refractivity contribution is 0.0626. The van der Waals surface area contributed by atoms with Gasteiger partial charge in [-0.15, -0.1) is 0 Å². The van der Waals surface area contributed by atoms with E-state index in [0.717, 1.165) is 18.7 Å². The molecular weight excluding hydrogens is 302 g/mol. The van der Waals surface area contributed by atoms with Crippen LogP contribution in [0.3, 0.4) is 0 Å². The summed E-state index contributed by atoms with van der Waals surface area (Å²) < 4.78 is 1.65. The number of nitrogens with zero attached hydrogens (tertiary/aromatic N) is 5. The molecule has 0 bridgehead atoms. The molecule has 5 rings (SSSR count). The molecule has 0 radical (unpaired) electrons. The topological polar surface area (TPSA) is 74.3 Å². The van der Waals surface area contributed by atoms with Gasteiger partial charge in [-0.05, 0) is 17.5 Å². The third-order valence-corrected chi connectivity index (χ3v) is 5.04. The quantitative estimate of drug-likeness (QED) is 0.635. The smallest absolute Gasteiger partial charge is 0.257 e. The normalized spacial score (nSPS) is 18.7. The van der Waals surface area contributed by atoms with Gasteiger partial charge in [0.2, 0.25) is 0 Å². The van der Waals surface area contributed by atoms with Crippen LogP contribution in [0.25, 0.3) is 5.65 Å². The standard InChI is InChI=1S/C18H13N5O/c19-8-12-9-21-23-16-7-15-13-4-2-1-3-11(13)5-6-22(15)18(24)14(16)10-20-17(12)23/h1-4,9-10,15H,5-7H2/t15-/m0/s1. The summed E-state index contributed by atoms with van der Waals surface area (Å²) in [6.45, 7) is 0.723. The van der Waals surface area contributed by atoms with E-state index in [-0.39, 0.29) is 11.9 Å². The number of hydrogen-bond donors (Lipinski definition) is 0. The first-order valence-corrected chi connectivity index (χ1v) is 7.92. The minimum Gasteiger partial charge on any atom is -0.331 e. The third kappa shape index (κ3) is 1.61. The average molecular weight is 315 g/mol. The Morgan fingerprint density at radius 3 is 3.00 bits per heavy atom. The first-order chi connectivity index (χ1) is 11.8. The largest absolute Gasteiger partial charge is 0.331 e. The summed E-state index contributed by atoms with van der Waals surface area (Å²) in [7, 11) is 0. The van der Waals surface area contributed by atoms with Crippen molar-refractivity contribution in [3.8, 4) is 6.07 Å². The van der Waals surface area contributed by atoms with Crippen molar-refractivity contribution < 1.29 is 4.79 Å². The fourth-order valence-electron chi connectivity index (χ4n) is 3.88. The molecule has 0 fully saturated rings. The van der Waals surface area contributed by atoms with Gasteiger partial charge in [0.25, 0.3) is 5.91 Å². The van der Waals surface area contributed by atoms with Crippen LogP contribution in [0.2, 0.25) is 0 Å². The minimum atomic E-state index is -0.000777. The number of carbonyl (C=O) groups is 1. The second kappa shape index (κ2) is 4.65. The van der Waals surface area contributed by atoms with Crippen molar-refractivity contribution in [2.75, 3.05) is 6.54 Å². The summed E-state index contributed by atoms with van der Waals surface area (Å²) in [6, 6.07) is 10.4. The Morgan fingerprint density at radius 2 is 2.12 bits per heavy atom. The molecule has 3 aromatic rings. The summed E-state index contributed by atoms with van der Waals surface area (Å²) >= 11 is 0. The summed E-state index contributed by atoms with van der Waals surface area (Å²) in [5, 5.41) is 13.5. The van der Waals surface area contributed by atoms with E-state index in [2.05, 4.69) is 28.3 Å². The molecule has 4 heterocycles. The number of nitriles is 1. The zero-order valence-electron chi connectivity index (χ0n) is 12.8. The molecule has 2 aliphatic heterocycles.